The van der Waals surface area contributed by atoms with Gasteiger partial charge in [0.15, 0.2) is 6.10 Å². The summed E-state index contributed by atoms with van der Waals surface area (Å²) in [5.74, 6) is -1.04. The Morgan fingerprint density at radius 2 is 0.631 bits per heavy atom. The Kier molecular flexibility index (Phi) is 49.1. The smallest absolute Gasteiger partial charge is 0.306 e. The Morgan fingerprint density at radius 1 is 0.323 bits per heavy atom. The number of rotatable bonds is 45. The second-order valence-electron chi connectivity index (χ2n) is 16.7. The minimum Gasteiger partial charge on any atom is -0.462 e. The fourth-order valence-electron chi connectivity index (χ4n) is 6.63. The summed E-state index contributed by atoms with van der Waals surface area (Å²) in [6, 6.07) is 0. The molecule has 0 aromatic carbocycles. The van der Waals surface area contributed by atoms with Gasteiger partial charge in [-0.1, -0.05) is 219 Å². The van der Waals surface area contributed by atoms with Gasteiger partial charge < -0.3 is 14.2 Å². The number of carbonyl (C=O) groups is 3. The number of allylic oxidation sites excluding steroid dienone is 20. The molecule has 0 aromatic rings. The third-order valence-electron chi connectivity index (χ3n) is 10.5. The van der Waals surface area contributed by atoms with Gasteiger partial charge in [-0.3, -0.25) is 14.4 Å². The monoisotopic (exact) mass is 899 g/mol. The maximum Gasteiger partial charge on any atom is 0.306 e. The van der Waals surface area contributed by atoms with Gasteiger partial charge in [0.1, 0.15) is 13.2 Å². The zero-order valence-corrected chi connectivity index (χ0v) is 41.7. The van der Waals surface area contributed by atoms with Crippen LogP contribution in [0.1, 0.15) is 213 Å². The largest absolute Gasteiger partial charge is 0.462 e. The zero-order valence-electron chi connectivity index (χ0n) is 41.7. The van der Waals surface area contributed by atoms with E-state index < -0.39 is 12.1 Å². The minimum atomic E-state index is -0.830. The fraction of sp³-hybridized carbons (Fsp3) is 0.610. The summed E-state index contributed by atoms with van der Waals surface area (Å²) < 4.78 is 16.7. The highest BCUT2D eigenvalue weighted by Crippen LogP contribution is 2.13. The van der Waals surface area contributed by atoms with Crippen molar-refractivity contribution in [2.24, 2.45) is 0 Å². The van der Waals surface area contributed by atoms with Crippen molar-refractivity contribution in [3.05, 3.63) is 122 Å². The van der Waals surface area contributed by atoms with E-state index in [2.05, 4.69) is 130 Å². The molecule has 0 aliphatic carbocycles. The van der Waals surface area contributed by atoms with Crippen molar-refractivity contribution in [3.63, 3.8) is 0 Å². The molecule has 6 nitrogen and oxygen atoms in total. The van der Waals surface area contributed by atoms with Crippen molar-refractivity contribution >= 4 is 17.9 Å². The summed E-state index contributed by atoms with van der Waals surface area (Å²) in [5.41, 5.74) is 0. The number of hydrogen-bond acceptors (Lipinski definition) is 6. The fourth-order valence-corrected chi connectivity index (χ4v) is 6.63. The van der Waals surface area contributed by atoms with Crippen molar-refractivity contribution in [1.29, 1.82) is 0 Å². The first-order valence-corrected chi connectivity index (χ1v) is 26.0. The van der Waals surface area contributed by atoms with Crippen LogP contribution in [0.5, 0.6) is 0 Å². The molecule has 0 saturated carbocycles. The van der Waals surface area contributed by atoms with Gasteiger partial charge in [-0.05, 0) is 96.3 Å². The molecule has 65 heavy (non-hydrogen) atoms. The van der Waals surface area contributed by atoms with Crippen LogP contribution >= 0.6 is 0 Å². The lowest BCUT2D eigenvalue weighted by molar-refractivity contribution is -0.166. The van der Waals surface area contributed by atoms with Crippen LogP contribution in [0.15, 0.2) is 122 Å². The van der Waals surface area contributed by atoms with E-state index in [-0.39, 0.29) is 31.6 Å². The van der Waals surface area contributed by atoms with Crippen LogP contribution in [0.3, 0.4) is 0 Å². The molecule has 0 heterocycles. The Hall–Kier alpha value is -4.19. The van der Waals surface area contributed by atoms with E-state index in [1.54, 1.807) is 0 Å². The quantitative estimate of drug-likeness (QED) is 0.0262. The molecule has 0 N–H and O–H groups in total. The maximum atomic E-state index is 12.8. The number of carbonyl (C=O) groups excluding carboxylic acids is 3. The van der Waals surface area contributed by atoms with Crippen molar-refractivity contribution in [2.45, 2.75) is 219 Å². The summed E-state index contributed by atoms with van der Waals surface area (Å²) >= 11 is 0. The Labute approximate surface area is 399 Å². The first-order valence-electron chi connectivity index (χ1n) is 26.0. The van der Waals surface area contributed by atoms with Crippen LogP contribution in [0.2, 0.25) is 0 Å². The molecule has 0 unspecified atom stereocenters. The van der Waals surface area contributed by atoms with Crippen molar-refractivity contribution < 1.29 is 28.6 Å². The summed E-state index contributed by atoms with van der Waals surface area (Å²) in [6.45, 7) is 6.30. The van der Waals surface area contributed by atoms with Crippen LogP contribution in [0, 0.1) is 0 Å². The summed E-state index contributed by atoms with van der Waals surface area (Å²) in [7, 11) is 0. The van der Waals surface area contributed by atoms with E-state index in [0.29, 0.717) is 19.3 Å². The summed E-state index contributed by atoms with van der Waals surface area (Å²) in [6.07, 6.45) is 71.9. The SMILES string of the molecule is CC/C=C\C/C=C\C/C=C\C/C=C\C/C=C\C/C=C\CCC(=O)O[C@H](COC(=O)CCCCCC/C=C\C/C=C\C/C=C\C/C=C\CC)COC(=O)CCCCCCCCCCCCC. The van der Waals surface area contributed by atoms with Crippen LogP contribution in [0.25, 0.3) is 0 Å². The first-order chi connectivity index (χ1) is 32.0. The Bertz CT molecular complexity index is 1400. The molecule has 6 heteroatoms. The lowest BCUT2D eigenvalue weighted by Gasteiger charge is -2.18. The van der Waals surface area contributed by atoms with E-state index in [0.717, 1.165) is 116 Å². The molecular formula is C59H94O6. The summed E-state index contributed by atoms with van der Waals surface area (Å²) in [4.78, 5) is 37.9. The molecule has 0 saturated heterocycles. The van der Waals surface area contributed by atoms with Gasteiger partial charge in [-0.2, -0.15) is 0 Å². The van der Waals surface area contributed by atoms with E-state index in [4.69, 9.17) is 14.2 Å². The number of ether oxygens (including phenoxy) is 3. The molecular weight excluding hydrogens is 805 g/mol. The zero-order chi connectivity index (χ0) is 47.2. The highest BCUT2D eigenvalue weighted by Gasteiger charge is 2.19. The minimum absolute atomic E-state index is 0.118. The van der Waals surface area contributed by atoms with Crippen molar-refractivity contribution in [2.75, 3.05) is 13.2 Å². The molecule has 0 spiro atoms. The van der Waals surface area contributed by atoms with Crippen LogP contribution in [0.4, 0.5) is 0 Å². The van der Waals surface area contributed by atoms with Crippen LogP contribution in [-0.2, 0) is 28.6 Å². The van der Waals surface area contributed by atoms with Gasteiger partial charge in [0, 0.05) is 19.3 Å². The second kappa shape index (κ2) is 52.4. The molecule has 0 radical (unpaired) electrons. The molecule has 1 atom stereocenters. The Balaban J connectivity index is 4.55. The van der Waals surface area contributed by atoms with Crippen LogP contribution in [-0.4, -0.2) is 37.2 Å². The molecule has 0 aliphatic heterocycles. The number of unbranched alkanes of at least 4 members (excludes halogenated alkanes) is 14. The molecule has 0 aliphatic rings. The maximum absolute atomic E-state index is 12.8. The number of esters is 3. The lowest BCUT2D eigenvalue weighted by atomic mass is 10.1. The van der Waals surface area contributed by atoms with E-state index >= 15 is 0 Å². The second-order valence-corrected chi connectivity index (χ2v) is 16.7. The van der Waals surface area contributed by atoms with Crippen LogP contribution < -0.4 is 0 Å². The predicted octanol–water partition coefficient (Wildman–Crippen LogP) is 17.3. The van der Waals surface area contributed by atoms with Crippen molar-refractivity contribution in [3.8, 4) is 0 Å². The number of hydrogen-bond donors (Lipinski definition) is 0. The van der Waals surface area contributed by atoms with Crippen molar-refractivity contribution in [1.82, 2.24) is 0 Å². The van der Waals surface area contributed by atoms with Gasteiger partial charge in [0.2, 0.25) is 0 Å². The molecule has 366 valence electrons. The topological polar surface area (TPSA) is 78.9 Å². The predicted molar refractivity (Wildman–Crippen MR) is 279 cm³/mol. The molecule has 0 aromatic heterocycles. The molecule has 0 fully saturated rings. The lowest BCUT2D eigenvalue weighted by Crippen LogP contribution is -2.30. The molecule has 0 rings (SSSR count). The van der Waals surface area contributed by atoms with Gasteiger partial charge >= 0.3 is 17.9 Å². The van der Waals surface area contributed by atoms with E-state index in [1.165, 1.54) is 51.4 Å². The Morgan fingerprint density at radius 3 is 1.00 bits per heavy atom. The normalized spacial score (nSPS) is 13.1. The standard InChI is InChI=1S/C59H94O6/c1-4-7-10-13-16-19-22-24-26-28-29-31-33-35-38-41-44-47-50-53-59(62)65-56(54-63-57(60)51-48-45-42-39-36-21-18-15-12-9-6-3)55-64-58(61)52-49-46-43-40-37-34-32-30-27-25-23-20-17-14-11-8-5-2/h7-8,10-11,16-17,19-20,24-27,29,31-32,34-35,38,44,47,56H,4-6,9,12-15,18,21-23,28,30,33,36-37,39-43,45-46,48-55H2,1-3H3/b10-7-,11-8-,19-16-,20-17-,26-24-,27-25-,31-29-,34-32-,38-35-,47-44-/t56-/m0/s1. The average molecular weight is 899 g/mol. The van der Waals surface area contributed by atoms with Gasteiger partial charge in [-0.25, -0.2) is 0 Å². The highest BCUT2D eigenvalue weighted by molar-refractivity contribution is 5.71. The van der Waals surface area contributed by atoms with Gasteiger partial charge in [0.05, 0.1) is 0 Å². The third kappa shape index (κ3) is 50.7. The van der Waals surface area contributed by atoms with E-state index in [9.17, 15) is 14.4 Å². The summed E-state index contributed by atoms with van der Waals surface area (Å²) in [5, 5.41) is 0. The van der Waals surface area contributed by atoms with Gasteiger partial charge in [0.25, 0.3) is 0 Å². The molecule has 0 bridgehead atoms. The van der Waals surface area contributed by atoms with Gasteiger partial charge in [-0.15, -0.1) is 0 Å². The first kappa shape index (κ1) is 60.8. The average Bonchev–Trinajstić information content (AvgIpc) is 3.30. The third-order valence-corrected chi connectivity index (χ3v) is 10.5. The van der Waals surface area contributed by atoms with E-state index in [1.807, 2.05) is 12.2 Å². The highest BCUT2D eigenvalue weighted by atomic mass is 16.6. The molecule has 0 amide bonds.